The molecule has 2 aromatic carbocycles. The van der Waals surface area contributed by atoms with Gasteiger partial charge in [-0.3, -0.25) is 9.69 Å². The molecule has 0 radical (unpaired) electrons. The largest absolute Gasteiger partial charge is 0.451 e. The summed E-state index contributed by atoms with van der Waals surface area (Å²) in [6, 6.07) is 18.0. The maximum absolute atomic E-state index is 13.6. The lowest BCUT2D eigenvalue weighted by atomic mass is 10.1. The van der Waals surface area contributed by atoms with Crippen LogP contribution in [0.1, 0.15) is 28.6 Å². The Morgan fingerprint density at radius 1 is 1.07 bits per heavy atom. The first kappa shape index (κ1) is 19.7. The summed E-state index contributed by atoms with van der Waals surface area (Å²) in [6.07, 6.45) is 0. The van der Waals surface area contributed by atoms with E-state index in [-0.39, 0.29) is 11.9 Å². The van der Waals surface area contributed by atoms with E-state index in [4.69, 9.17) is 9.15 Å². The summed E-state index contributed by atoms with van der Waals surface area (Å²) in [7, 11) is 0. The number of amides is 1. The topological polar surface area (TPSA) is 45.9 Å². The number of rotatable bonds is 6. The Morgan fingerprint density at radius 3 is 2.48 bits per heavy atom. The third-order valence-electron chi connectivity index (χ3n) is 5.65. The summed E-state index contributed by atoms with van der Waals surface area (Å²) in [4.78, 5) is 17.9. The van der Waals surface area contributed by atoms with Gasteiger partial charge in [0, 0.05) is 43.2 Å². The highest BCUT2D eigenvalue weighted by atomic mass is 16.5. The molecule has 1 aliphatic rings. The molecule has 0 bridgehead atoms. The lowest BCUT2D eigenvalue weighted by Gasteiger charge is -2.35. The molecule has 1 amide bonds. The quantitative estimate of drug-likeness (QED) is 0.634. The van der Waals surface area contributed by atoms with E-state index in [0.717, 1.165) is 54.9 Å². The van der Waals surface area contributed by atoms with Crippen molar-refractivity contribution in [3.05, 3.63) is 71.5 Å². The van der Waals surface area contributed by atoms with Crippen molar-refractivity contribution in [2.45, 2.75) is 26.4 Å². The summed E-state index contributed by atoms with van der Waals surface area (Å²) >= 11 is 0. The number of nitrogens with zero attached hydrogens (tertiary/aromatic N) is 2. The molecule has 5 heteroatoms. The maximum Gasteiger partial charge on any atom is 0.290 e. The van der Waals surface area contributed by atoms with Crippen LogP contribution in [0.25, 0.3) is 11.0 Å². The summed E-state index contributed by atoms with van der Waals surface area (Å²) < 4.78 is 11.5. The second-order valence-corrected chi connectivity index (χ2v) is 7.73. The van der Waals surface area contributed by atoms with E-state index >= 15 is 0 Å². The average Bonchev–Trinajstić information content (AvgIpc) is 3.10. The SMILES string of the molecule is Cc1c(C(=O)N(Cc2ccccc2)C(C)CN2CCOCC2)oc2ccccc12. The average molecular weight is 392 g/mol. The number of aryl methyl sites for hydroxylation is 1. The minimum atomic E-state index is -0.0525. The van der Waals surface area contributed by atoms with Crippen molar-refractivity contribution in [3.8, 4) is 0 Å². The fourth-order valence-corrected chi connectivity index (χ4v) is 3.97. The standard InChI is InChI=1S/C24H28N2O3/c1-18(16-25-12-14-28-15-13-25)26(17-20-8-4-3-5-9-20)24(27)23-19(2)21-10-6-7-11-22(21)29-23/h3-11,18H,12-17H2,1-2H3. The van der Waals surface area contributed by atoms with Crippen LogP contribution in [0.4, 0.5) is 0 Å². The van der Waals surface area contributed by atoms with Gasteiger partial charge in [0.15, 0.2) is 5.76 Å². The minimum absolute atomic E-state index is 0.0495. The highest BCUT2D eigenvalue weighted by molar-refractivity contribution is 5.99. The van der Waals surface area contributed by atoms with Crippen molar-refractivity contribution >= 4 is 16.9 Å². The molecule has 1 saturated heterocycles. The molecule has 1 aromatic heterocycles. The Balaban J connectivity index is 1.62. The molecule has 1 fully saturated rings. The van der Waals surface area contributed by atoms with Gasteiger partial charge in [-0.25, -0.2) is 0 Å². The Labute approximate surface area is 171 Å². The number of furan rings is 1. The van der Waals surface area contributed by atoms with E-state index in [2.05, 4.69) is 24.0 Å². The molecule has 2 heterocycles. The summed E-state index contributed by atoms with van der Waals surface area (Å²) in [5.74, 6) is 0.388. The number of para-hydroxylation sites is 1. The van der Waals surface area contributed by atoms with Gasteiger partial charge in [0.1, 0.15) is 5.58 Å². The van der Waals surface area contributed by atoms with Gasteiger partial charge in [0.25, 0.3) is 5.91 Å². The molecule has 0 spiro atoms. The Hall–Kier alpha value is -2.63. The molecule has 3 aromatic rings. The maximum atomic E-state index is 13.6. The zero-order chi connectivity index (χ0) is 20.2. The molecule has 1 unspecified atom stereocenters. The molecule has 0 N–H and O–H groups in total. The van der Waals surface area contributed by atoms with Gasteiger partial charge in [-0.05, 0) is 25.5 Å². The van der Waals surface area contributed by atoms with Crippen LogP contribution in [0.5, 0.6) is 0 Å². The first-order chi connectivity index (χ1) is 14.1. The fraction of sp³-hybridized carbons (Fsp3) is 0.375. The van der Waals surface area contributed by atoms with Gasteiger partial charge in [-0.2, -0.15) is 0 Å². The van der Waals surface area contributed by atoms with Crippen LogP contribution in [0.2, 0.25) is 0 Å². The predicted octanol–water partition coefficient (Wildman–Crippen LogP) is 4.10. The smallest absolute Gasteiger partial charge is 0.290 e. The molecule has 152 valence electrons. The number of fused-ring (bicyclic) bond motifs is 1. The highest BCUT2D eigenvalue weighted by Gasteiger charge is 2.28. The molecule has 0 aliphatic carbocycles. The van der Waals surface area contributed by atoms with Crippen molar-refractivity contribution in [3.63, 3.8) is 0 Å². The fourth-order valence-electron chi connectivity index (χ4n) is 3.97. The predicted molar refractivity (Wildman–Crippen MR) is 114 cm³/mol. The molecule has 29 heavy (non-hydrogen) atoms. The van der Waals surface area contributed by atoms with Gasteiger partial charge in [-0.15, -0.1) is 0 Å². The minimum Gasteiger partial charge on any atom is -0.451 e. The van der Waals surface area contributed by atoms with Gasteiger partial charge < -0.3 is 14.1 Å². The lowest BCUT2D eigenvalue weighted by Crippen LogP contribution is -2.48. The van der Waals surface area contributed by atoms with Crippen LogP contribution >= 0.6 is 0 Å². The number of benzene rings is 2. The molecular weight excluding hydrogens is 364 g/mol. The zero-order valence-corrected chi connectivity index (χ0v) is 17.1. The van der Waals surface area contributed by atoms with E-state index in [9.17, 15) is 4.79 Å². The number of hydrogen-bond donors (Lipinski definition) is 0. The van der Waals surface area contributed by atoms with Crippen molar-refractivity contribution in [2.75, 3.05) is 32.8 Å². The van der Waals surface area contributed by atoms with Crippen molar-refractivity contribution in [1.29, 1.82) is 0 Å². The van der Waals surface area contributed by atoms with Crippen LogP contribution < -0.4 is 0 Å². The van der Waals surface area contributed by atoms with Crippen LogP contribution in [0, 0.1) is 6.92 Å². The third-order valence-corrected chi connectivity index (χ3v) is 5.65. The molecular formula is C24H28N2O3. The Morgan fingerprint density at radius 2 is 1.76 bits per heavy atom. The van der Waals surface area contributed by atoms with E-state index in [1.165, 1.54) is 0 Å². The van der Waals surface area contributed by atoms with Gasteiger partial charge >= 0.3 is 0 Å². The number of hydrogen-bond acceptors (Lipinski definition) is 4. The van der Waals surface area contributed by atoms with Gasteiger partial charge in [0.2, 0.25) is 0 Å². The van der Waals surface area contributed by atoms with E-state index in [1.54, 1.807) is 0 Å². The third kappa shape index (κ3) is 4.36. The van der Waals surface area contributed by atoms with Crippen molar-refractivity contribution < 1.29 is 13.9 Å². The molecule has 0 saturated carbocycles. The first-order valence-corrected chi connectivity index (χ1v) is 10.3. The zero-order valence-electron chi connectivity index (χ0n) is 17.1. The molecule has 4 rings (SSSR count). The summed E-state index contributed by atoms with van der Waals surface area (Å²) in [5, 5.41) is 0.997. The molecule has 1 aliphatic heterocycles. The highest BCUT2D eigenvalue weighted by Crippen LogP contribution is 2.27. The monoisotopic (exact) mass is 392 g/mol. The Kier molecular flexibility index (Phi) is 5.97. The number of carbonyl (C=O) groups excluding carboxylic acids is 1. The van der Waals surface area contributed by atoms with Gasteiger partial charge in [-0.1, -0.05) is 48.5 Å². The normalized spacial score (nSPS) is 16.1. The van der Waals surface area contributed by atoms with E-state index in [1.807, 2.05) is 54.3 Å². The molecule has 1 atom stereocenters. The van der Waals surface area contributed by atoms with Crippen molar-refractivity contribution in [1.82, 2.24) is 9.80 Å². The first-order valence-electron chi connectivity index (χ1n) is 10.3. The van der Waals surface area contributed by atoms with Crippen molar-refractivity contribution in [2.24, 2.45) is 0 Å². The number of ether oxygens (including phenoxy) is 1. The lowest BCUT2D eigenvalue weighted by molar-refractivity contribution is 0.0222. The van der Waals surface area contributed by atoms with Crippen LogP contribution in [0.3, 0.4) is 0 Å². The summed E-state index contributed by atoms with van der Waals surface area (Å²) in [6.45, 7) is 8.77. The second-order valence-electron chi connectivity index (χ2n) is 7.73. The van der Waals surface area contributed by atoms with E-state index in [0.29, 0.717) is 12.3 Å². The number of carbonyl (C=O) groups is 1. The number of morpholine rings is 1. The second kappa shape index (κ2) is 8.80. The Bertz CT molecular complexity index is 961. The van der Waals surface area contributed by atoms with E-state index < -0.39 is 0 Å². The van der Waals surface area contributed by atoms with Crippen LogP contribution in [-0.4, -0.2) is 54.6 Å². The van der Waals surface area contributed by atoms with Crippen LogP contribution in [0.15, 0.2) is 59.0 Å². The van der Waals surface area contributed by atoms with Gasteiger partial charge in [0.05, 0.1) is 13.2 Å². The van der Waals surface area contributed by atoms with Crippen LogP contribution in [-0.2, 0) is 11.3 Å². The summed E-state index contributed by atoms with van der Waals surface area (Å²) in [5.41, 5.74) is 2.78. The molecule has 5 nitrogen and oxygen atoms in total.